The van der Waals surface area contributed by atoms with Gasteiger partial charge in [-0.25, -0.2) is 4.98 Å². The number of nitrogens with two attached hydrogens (primary N) is 1. The SMILES string of the molecule is CCOC1CCN(C(=NC)NCc2cccnc2N2CCCC(C(N)=O)C2)CC1. The van der Waals surface area contributed by atoms with E-state index in [9.17, 15) is 4.79 Å². The molecule has 0 aliphatic carbocycles. The third-order valence-electron chi connectivity index (χ3n) is 5.78. The summed E-state index contributed by atoms with van der Waals surface area (Å²) in [6, 6.07) is 4.03. The van der Waals surface area contributed by atoms with E-state index in [2.05, 4.69) is 31.2 Å². The number of hydrogen-bond acceptors (Lipinski definition) is 5. The number of hydrogen-bond donors (Lipinski definition) is 2. The molecular weight excluding hydrogens is 368 g/mol. The zero-order valence-electron chi connectivity index (χ0n) is 17.6. The smallest absolute Gasteiger partial charge is 0.222 e. The largest absolute Gasteiger partial charge is 0.378 e. The predicted molar refractivity (Wildman–Crippen MR) is 115 cm³/mol. The molecule has 2 fully saturated rings. The highest BCUT2D eigenvalue weighted by Gasteiger charge is 2.26. The first-order valence-corrected chi connectivity index (χ1v) is 10.7. The van der Waals surface area contributed by atoms with Gasteiger partial charge in [-0.05, 0) is 38.7 Å². The molecule has 29 heavy (non-hydrogen) atoms. The second kappa shape index (κ2) is 10.4. The van der Waals surface area contributed by atoms with Gasteiger partial charge in [-0.2, -0.15) is 0 Å². The molecule has 2 saturated heterocycles. The molecule has 160 valence electrons. The summed E-state index contributed by atoms with van der Waals surface area (Å²) in [5.41, 5.74) is 6.64. The van der Waals surface area contributed by atoms with Crippen LogP contribution in [0.5, 0.6) is 0 Å². The number of nitrogens with one attached hydrogen (secondary N) is 1. The van der Waals surface area contributed by atoms with Crippen molar-refractivity contribution in [2.24, 2.45) is 16.6 Å². The Bertz CT molecular complexity index is 702. The Morgan fingerprint density at radius 1 is 1.34 bits per heavy atom. The van der Waals surface area contributed by atoms with E-state index in [-0.39, 0.29) is 11.8 Å². The molecule has 0 aromatic carbocycles. The number of primary amides is 1. The van der Waals surface area contributed by atoms with Crippen molar-refractivity contribution in [3.05, 3.63) is 23.9 Å². The number of ether oxygens (including phenoxy) is 1. The summed E-state index contributed by atoms with van der Waals surface area (Å²) in [4.78, 5) is 25.2. The van der Waals surface area contributed by atoms with Gasteiger partial charge in [0, 0.05) is 58.1 Å². The van der Waals surface area contributed by atoms with Crippen molar-refractivity contribution >= 4 is 17.7 Å². The Hall–Kier alpha value is -2.35. The summed E-state index contributed by atoms with van der Waals surface area (Å²) in [5.74, 6) is 1.51. The van der Waals surface area contributed by atoms with Gasteiger partial charge in [-0.1, -0.05) is 6.07 Å². The number of anilines is 1. The predicted octanol–water partition coefficient (Wildman–Crippen LogP) is 1.36. The average molecular weight is 403 g/mol. The second-order valence-corrected chi connectivity index (χ2v) is 7.72. The lowest BCUT2D eigenvalue weighted by molar-refractivity contribution is -0.122. The van der Waals surface area contributed by atoms with E-state index < -0.39 is 0 Å². The summed E-state index contributed by atoms with van der Waals surface area (Å²) in [6.45, 7) is 6.87. The minimum absolute atomic E-state index is 0.106. The number of amides is 1. The second-order valence-electron chi connectivity index (χ2n) is 7.72. The van der Waals surface area contributed by atoms with Gasteiger partial charge in [0.2, 0.25) is 5.91 Å². The number of guanidine groups is 1. The number of aromatic nitrogens is 1. The lowest BCUT2D eigenvalue weighted by Gasteiger charge is -2.35. The van der Waals surface area contributed by atoms with Gasteiger partial charge in [0.25, 0.3) is 0 Å². The van der Waals surface area contributed by atoms with Crippen LogP contribution in [0.1, 0.15) is 38.2 Å². The monoisotopic (exact) mass is 402 g/mol. The van der Waals surface area contributed by atoms with E-state index >= 15 is 0 Å². The van der Waals surface area contributed by atoms with E-state index in [1.165, 1.54) is 0 Å². The normalized spacial score (nSPS) is 21.3. The van der Waals surface area contributed by atoms with Crippen LogP contribution >= 0.6 is 0 Å². The Kier molecular flexibility index (Phi) is 7.69. The number of pyridine rings is 1. The summed E-state index contributed by atoms with van der Waals surface area (Å²) in [5, 5.41) is 3.49. The van der Waals surface area contributed by atoms with Gasteiger partial charge >= 0.3 is 0 Å². The fourth-order valence-corrected chi connectivity index (χ4v) is 4.23. The quantitative estimate of drug-likeness (QED) is 0.551. The van der Waals surface area contributed by atoms with Gasteiger partial charge in [-0.15, -0.1) is 0 Å². The molecule has 2 aliphatic heterocycles. The van der Waals surface area contributed by atoms with Crippen LogP contribution in [0.2, 0.25) is 0 Å². The van der Waals surface area contributed by atoms with E-state index in [1.807, 2.05) is 20.0 Å². The fraction of sp³-hybridized carbons (Fsp3) is 0.667. The van der Waals surface area contributed by atoms with Crippen LogP contribution in [-0.2, 0) is 16.1 Å². The number of rotatable bonds is 6. The van der Waals surface area contributed by atoms with Gasteiger partial charge < -0.3 is 25.6 Å². The highest BCUT2D eigenvalue weighted by atomic mass is 16.5. The van der Waals surface area contributed by atoms with Crippen molar-refractivity contribution in [3.8, 4) is 0 Å². The Morgan fingerprint density at radius 2 is 2.14 bits per heavy atom. The van der Waals surface area contributed by atoms with E-state index in [0.29, 0.717) is 19.2 Å². The fourth-order valence-electron chi connectivity index (χ4n) is 4.23. The van der Waals surface area contributed by atoms with Crippen LogP contribution in [0.15, 0.2) is 23.3 Å². The maximum atomic E-state index is 11.6. The van der Waals surface area contributed by atoms with Gasteiger partial charge in [-0.3, -0.25) is 9.79 Å². The minimum Gasteiger partial charge on any atom is -0.378 e. The standard InChI is InChI=1S/C21H34N6O2/c1-3-29-18-8-12-26(13-9-18)21(23-2)25-14-16-6-4-10-24-20(16)27-11-5-7-17(15-27)19(22)28/h4,6,10,17-18H,3,5,7-9,11-15H2,1-2H3,(H2,22,28)(H,23,25). The molecule has 8 heteroatoms. The third-order valence-corrected chi connectivity index (χ3v) is 5.78. The molecule has 1 unspecified atom stereocenters. The molecule has 0 radical (unpaired) electrons. The molecule has 0 spiro atoms. The first-order chi connectivity index (χ1) is 14.1. The van der Waals surface area contributed by atoms with Crippen molar-refractivity contribution < 1.29 is 9.53 Å². The molecule has 0 saturated carbocycles. The summed E-state index contributed by atoms with van der Waals surface area (Å²) >= 11 is 0. The van der Waals surface area contributed by atoms with Crippen LogP contribution in [0.4, 0.5) is 5.82 Å². The van der Waals surface area contributed by atoms with Gasteiger partial charge in [0.05, 0.1) is 12.0 Å². The summed E-state index contributed by atoms with van der Waals surface area (Å²) in [6.07, 6.45) is 6.02. The van der Waals surface area contributed by atoms with E-state index in [1.54, 1.807) is 6.20 Å². The van der Waals surface area contributed by atoms with Gasteiger partial charge in [0.1, 0.15) is 5.82 Å². The number of aliphatic imine (C=N–C) groups is 1. The van der Waals surface area contributed by atoms with Crippen LogP contribution in [0, 0.1) is 5.92 Å². The van der Waals surface area contributed by atoms with Crippen molar-refractivity contribution in [1.29, 1.82) is 0 Å². The van der Waals surface area contributed by atoms with Crippen LogP contribution in [-0.4, -0.2) is 67.7 Å². The summed E-state index contributed by atoms with van der Waals surface area (Å²) < 4.78 is 5.75. The van der Waals surface area contributed by atoms with E-state index in [0.717, 1.165) is 69.3 Å². The average Bonchev–Trinajstić information content (AvgIpc) is 2.76. The number of piperidine rings is 2. The first-order valence-electron chi connectivity index (χ1n) is 10.7. The molecule has 8 nitrogen and oxygen atoms in total. The van der Waals surface area contributed by atoms with E-state index in [4.69, 9.17) is 10.5 Å². The third kappa shape index (κ3) is 5.59. The van der Waals surface area contributed by atoms with Crippen molar-refractivity contribution in [1.82, 2.24) is 15.2 Å². The molecule has 1 aromatic rings. The lowest BCUT2D eigenvalue weighted by Crippen LogP contribution is -2.47. The van der Waals surface area contributed by atoms with Crippen molar-refractivity contribution in [2.75, 3.05) is 44.7 Å². The summed E-state index contributed by atoms with van der Waals surface area (Å²) in [7, 11) is 1.82. The minimum atomic E-state index is -0.221. The molecule has 1 amide bonds. The molecule has 3 N–H and O–H groups in total. The molecule has 3 heterocycles. The zero-order valence-corrected chi connectivity index (χ0v) is 17.6. The highest BCUT2D eigenvalue weighted by Crippen LogP contribution is 2.24. The Labute approximate surface area is 173 Å². The maximum absolute atomic E-state index is 11.6. The van der Waals surface area contributed by atoms with Gasteiger partial charge in [0.15, 0.2) is 5.96 Å². The number of likely N-dealkylation sites (tertiary alicyclic amines) is 1. The topological polar surface area (TPSA) is 96.1 Å². The Balaban J connectivity index is 1.61. The van der Waals surface area contributed by atoms with Crippen molar-refractivity contribution in [2.45, 2.75) is 45.3 Å². The van der Waals surface area contributed by atoms with Crippen LogP contribution in [0.25, 0.3) is 0 Å². The Morgan fingerprint density at radius 3 is 2.83 bits per heavy atom. The molecule has 1 atom stereocenters. The number of carbonyl (C=O) groups is 1. The first kappa shape index (κ1) is 21.4. The number of nitrogens with zero attached hydrogens (tertiary/aromatic N) is 4. The molecule has 2 aliphatic rings. The lowest BCUT2D eigenvalue weighted by atomic mass is 9.97. The van der Waals surface area contributed by atoms with Crippen LogP contribution in [0.3, 0.4) is 0 Å². The van der Waals surface area contributed by atoms with Crippen LogP contribution < -0.4 is 16.0 Å². The molecular formula is C21H34N6O2. The zero-order chi connectivity index (χ0) is 20.6. The maximum Gasteiger partial charge on any atom is 0.222 e. The highest BCUT2D eigenvalue weighted by molar-refractivity contribution is 5.80. The molecule has 1 aromatic heterocycles. The molecule has 3 rings (SSSR count). The number of carbonyl (C=O) groups excluding carboxylic acids is 1. The van der Waals surface area contributed by atoms with Crippen molar-refractivity contribution in [3.63, 3.8) is 0 Å². The molecule has 0 bridgehead atoms.